The average Bonchev–Trinajstić information content (AvgIpc) is 3.07. The zero-order valence-electron chi connectivity index (χ0n) is 13.9. The lowest BCUT2D eigenvalue weighted by Crippen LogP contribution is -2.38. The Labute approximate surface area is 143 Å². The van der Waals surface area contributed by atoms with E-state index in [1.54, 1.807) is 12.1 Å². The van der Waals surface area contributed by atoms with E-state index in [1.165, 1.54) is 12.1 Å². The van der Waals surface area contributed by atoms with Gasteiger partial charge < -0.3 is 15.4 Å². The molecule has 1 amide bonds. The van der Waals surface area contributed by atoms with Gasteiger partial charge in [0.25, 0.3) is 0 Å². The Hall–Kier alpha value is -1.64. The molecule has 0 radical (unpaired) electrons. The molecule has 2 rings (SSSR count). The Morgan fingerprint density at radius 3 is 2.71 bits per heavy atom. The summed E-state index contributed by atoms with van der Waals surface area (Å²) in [5, 5.41) is 6.11. The number of rotatable bonds is 9. The molecule has 24 heavy (non-hydrogen) atoms. The largest absolute Gasteiger partial charge is 0.494 e. The molecule has 8 heteroatoms. The highest BCUT2D eigenvalue weighted by molar-refractivity contribution is 7.89. The van der Waals surface area contributed by atoms with Crippen molar-refractivity contribution >= 4 is 15.9 Å². The molecule has 1 heterocycles. The quantitative estimate of drug-likeness (QED) is 0.603. The first-order valence-electron chi connectivity index (χ1n) is 8.24. The Morgan fingerprint density at radius 2 is 2.08 bits per heavy atom. The van der Waals surface area contributed by atoms with Crippen molar-refractivity contribution in [2.24, 2.45) is 0 Å². The molecule has 0 bridgehead atoms. The maximum absolute atomic E-state index is 12.2. The van der Waals surface area contributed by atoms with Crippen LogP contribution in [0.3, 0.4) is 0 Å². The van der Waals surface area contributed by atoms with E-state index >= 15 is 0 Å². The first-order chi connectivity index (χ1) is 11.5. The standard InChI is InChI=1S/C16H25N3O4S/c1-2-23-14-5-7-15(8-6-14)24(21,22)19-11-9-16(20)18-12-13-4-3-10-17-13/h5-8,13,17,19H,2-4,9-12H2,1H3,(H,18,20). The predicted octanol–water partition coefficient (Wildman–Crippen LogP) is 0.622. The van der Waals surface area contributed by atoms with Crippen LogP contribution in [0.2, 0.25) is 0 Å². The lowest BCUT2D eigenvalue weighted by Gasteiger charge is -2.12. The summed E-state index contributed by atoms with van der Waals surface area (Å²) in [5.41, 5.74) is 0. The first kappa shape index (κ1) is 18.7. The van der Waals surface area contributed by atoms with Crippen LogP contribution in [0.1, 0.15) is 26.2 Å². The molecule has 7 nitrogen and oxygen atoms in total. The second-order valence-corrected chi connectivity index (χ2v) is 7.42. The summed E-state index contributed by atoms with van der Waals surface area (Å²) >= 11 is 0. The molecule has 1 aromatic carbocycles. The van der Waals surface area contributed by atoms with Crippen LogP contribution in [-0.4, -0.2) is 46.6 Å². The van der Waals surface area contributed by atoms with Crippen LogP contribution in [-0.2, 0) is 14.8 Å². The smallest absolute Gasteiger partial charge is 0.240 e. The summed E-state index contributed by atoms with van der Waals surface area (Å²) in [5.74, 6) is 0.467. The van der Waals surface area contributed by atoms with E-state index in [0.29, 0.717) is 24.9 Å². The first-order valence-corrected chi connectivity index (χ1v) is 9.72. The molecule has 1 saturated heterocycles. The highest BCUT2D eigenvalue weighted by atomic mass is 32.2. The second-order valence-electron chi connectivity index (χ2n) is 5.65. The van der Waals surface area contributed by atoms with Gasteiger partial charge in [-0.3, -0.25) is 4.79 Å². The van der Waals surface area contributed by atoms with Gasteiger partial charge in [0, 0.05) is 25.6 Å². The van der Waals surface area contributed by atoms with E-state index in [4.69, 9.17) is 4.74 Å². The van der Waals surface area contributed by atoms with Gasteiger partial charge in [-0.2, -0.15) is 0 Å². The van der Waals surface area contributed by atoms with Crippen molar-refractivity contribution in [3.63, 3.8) is 0 Å². The Bertz CT molecular complexity index is 625. The van der Waals surface area contributed by atoms with Gasteiger partial charge in [0.05, 0.1) is 11.5 Å². The number of sulfonamides is 1. The molecule has 1 aliphatic rings. The van der Waals surface area contributed by atoms with Gasteiger partial charge in [-0.25, -0.2) is 13.1 Å². The summed E-state index contributed by atoms with van der Waals surface area (Å²) in [7, 11) is -3.62. The van der Waals surface area contributed by atoms with Gasteiger partial charge in [0.2, 0.25) is 15.9 Å². The number of hydrogen-bond acceptors (Lipinski definition) is 5. The van der Waals surface area contributed by atoms with Crippen molar-refractivity contribution in [3.05, 3.63) is 24.3 Å². The molecule has 1 unspecified atom stereocenters. The maximum atomic E-state index is 12.2. The van der Waals surface area contributed by atoms with Gasteiger partial charge in [0.1, 0.15) is 5.75 Å². The monoisotopic (exact) mass is 355 g/mol. The molecule has 1 aromatic rings. The summed E-state index contributed by atoms with van der Waals surface area (Å²) in [6.07, 6.45) is 2.30. The number of amides is 1. The van der Waals surface area contributed by atoms with E-state index < -0.39 is 10.0 Å². The molecule has 1 fully saturated rings. The van der Waals surface area contributed by atoms with Crippen LogP contribution in [0.4, 0.5) is 0 Å². The maximum Gasteiger partial charge on any atom is 0.240 e. The summed E-state index contributed by atoms with van der Waals surface area (Å²) in [6, 6.07) is 6.52. The van der Waals surface area contributed by atoms with Crippen LogP contribution >= 0.6 is 0 Å². The summed E-state index contributed by atoms with van der Waals surface area (Å²) in [6.45, 7) is 4.03. The Kier molecular flexibility index (Phi) is 7.01. The van der Waals surface area contributed by atoms with Crippen LogP contribution in [0.25, 0.3) is 0 Å². The minimum atomic E-state index is -3.62. The molecule has 0 spiro atoms. The van der Waals surface area contributed by atoms with E-state index in [-0.39, 0.29) is 23.8 Å². The number of ether oxygens (including phenoxy) is 1. The van der Waals surface area contributed by atoms with Gasteiger partial charge in [-0.05, 0) is 50.6 Å². The lowest BCUT2D eigenvalue weighted by molar-refractivity contribution is -0.121. The van der Waals surface area contributed by atoms with Crippen molar-refractivity contribution in [3.8, 4) is 5.75 Å². The lowest BCUT2D eigenvalue weighted by atomic mass is 10.2. The molecule has 134 valence electrons. The number of carbonyl (C=O) groups is 1. The summed E-state index contributed by atoms with van der Waals surface area (Å²) in [4.78, 5) is 11.9. The predicted molar refractivity (Wildman–Crippen MR) is 91.5 cm³/mol. The molecule has 3 N–H and O–H groups in total. The van der Waals surface area contributed by atoms with E-state index in [9.17, 15) is 13.2 Å². The fourth-order valence-corrected chi connectivity index (χ4v) is 3.55. The zero-order valence-corrected chi connectivity index (χ0v) is 14.7. The van der Waals surface area contributed by atoms with Crippen molar-refractivity contribution in [2.45, 2.75) is 37.1 Å². The van der Waals surface area contributed by atoms with E-state index in [1.807, 2.05) is 6.92 Å². The van der Waals surface area contributed by atoms with Gasteiger partial charge in [-0.1, -0.05) is 0 Å². The molecular weight excluding hydrogens is 330 g/mol. The molecule has 1 aliphatic heterocycles. The van der Waals surface area contributed by atoms with E-state index in [0.717, 1.165) is 19.4 Å². The molecule has 0 saturated carbocycles. The number of carbonyl (C=O) groups excluding carboxylic acids is 1. The third-order valence-corrected chi connectivity index (χ3v) is 5.27. The molecule has 0 aliphatic carbocycles. The van der Waals surface area contributed by atoms with E-state index in [2.05, 4.69) is 15.4 Å². The van der Waals surface area contributed by atoms with Crippen molar-refractivity contribution in [2.75, 3.05) is 26.2 Å². The molecular formula is C16H25N3O4S. The Balaban J connectivity index is 1.74. The zero-order chi connectivity index (χ0) is 17.4. The van der Waals surface area contributed by atoms with Crippen LogP contribution in [0.15, 0.2) is 29.2 Å². The van der Waals surface area contributed by atoms with Crippen LogP contribution < -0.4 is 20.1 Å². The minimum Gasteiger partial charge on any atom is -0.494 e. The van der Waals surface area contributed by atoms with Gasteiger partial charge >= 0.3 is 0 Å². The number of hydrogen-bond donors (Lipinski definition) is 3. The third-order valence-electron chi connectivity index (χ3n) is 3.80. The second kappa shape index (κ2) is 9.00. The fraction of sp³-hybridized carbons (Fsp3) is 0.562. The van der Waals surface area contributed by atoms with Gasteiger partial charge in [0.15, 0.2) is 0 Å². The SMILES string of the molecule is CCOc1ccc(S(=O)(=O)NCCC(=O)NCC2CCCN2)cc1. The normalized spacial score (nSPS) is 17.6. The topological polar surface area (TPSA) is 96.5 Å². The third kappa shape index (κ3) is 5.77. The van der Waals surface area contributed by atoms with Crippen molar-refractivity contribution < 1.29 is 17.9 Å². The highest BCUT2D eigenvalue weighted by Crippen LogP contribution is 2.15. The summed E-state index contributed by atoms with van der Waals surface area (Å²) < 4.78 is 32.0. The van der Waals surface area contributed by atoms with Gasteiger partial charge in [-0.15, -0.1) is 0 Å². The number of benzene rings is 1. The molecule has 0 aromatic heterocycles. The van der Waals surface area contributed by atoms with Crippen LogP contribution in [0.5, 0.6) is 5.75 Å². The molecule has 1 atom stereocenters. The van der Waals surface area contributed by atoms with Crippen LogP contribution in [0, 0.1) is 0 Å². The fourth-order valence-electron chi connectivity index (χ4n) is 2.52. The number of nitrogens with one attached hydrogen (secondary N) is 3. The van der Waals surface area contributed by atoms with Crippen molar-refractivity contribution in [1.29, 1.82) is 0 Å². The Morgan fingerprint density at radius 1 is 1.33 bits per heavy atom. The van der Waals surface area contributed by atoms with Crippen molar-refractivity contribution in [1.82, 2.24) is 15.4 Å². The highest BCUT2D eigenvalue weighted by Gasteiger charge is 2.16. The average molecular weight is 355 g/mol. The minimum absolute atomic E-state index is 0.0689.